The number of nitrogens with one attached hydrogen (secondary N) is 1. The fourth-order valence-electron chi connectivity index (χ4n) is 2.89. The molecule has 19 heavy (non-hydrogen) atoms. The summed E-state index contributed by atoms with van der Waals surface area (Å²) in [6.45, 7) is 4.23. The normalized spacial score (nSPS) is 23.7. The van der Waals surface area contributed by atoms with E-state index in [0.717, 1.165) is 24.3 Å². The molecule has 0 spiro atoms. The van der Waals surface area contributed by atoms with Gasteiger partial charge in [-0.3, -0.25) is 4.79 Å². The molecule has 3 heteroatoms. The van der Waals surface area contributed by atoms with Gasteiger partial charge in [0.25, 0.3) is 5.91 Å². The molecule has 1 aliphatic carbocycles. The van der Waals surface area contributed by atoms with Crippen LogP contribution in [0, 0.1) is 12.8 Å². The molecule has 1 amide bonds. The first-order valence-electron chi connectivity index (χ1n) is 7.24. The lowest BCUT2D eigenvalue weighted by Crippen LogP contribution is -2.35. The van der Waals surface area contributed by atoms with E-state index >= 15 is 0 Å². The number of benzene rings is 1. The standard InChI is InChI=1S/C16H24N2O/c1-11-5-3-7-13(10-9-11)18-16(19)15-12(2)6-4-8-14(15)17/h4,6,8,11,13H,3,5,7,9-10,17H2,1-2H3,(H,18,19). The quantitative estimate of drug-likeness (QED) is 0.633. The molecule has 3 N–H and O–H groups in total. The Hall–Kier alpha value is -1.51. The Labute approximate surface area is 115 Å². The summed E-state index contributed by atoms with van der Waals surface area (Å²) in [4.78, 5) is 12.4. The first kappa shape index (κ1) is 13.9. The highest BCUT2D eigenvalue weighted by molar-refractivity contribution is 6.00. The van der Waals surface area contributed by atoms with Crippen LogP contribution < -0.4 is 11.1 Å². The average molecular weight is 260 g/mol. The Balaban J connectivity index is 2.04. The van der Waals surface area contributed by atoms with Gasteiger partial charge in [0.15, 0.2) is 0 Å². The summed E-state index contributed by atoms with van der Waals surface area (Å²) in [6.07, 6.45) is 5.85. The van der Waals surface area contributed by atoms with Gasteiger partial charge in [0.1, 0.15) is 0 Å². The van der Waals surface area contributed by atoms with Gasteiger partial charge in [0, 0.05) is 11.7 Å². The maximum atomic E-state index is 12.4. The van der Waals surface area contributed by atoms with E-state index in [1.165, 1.54) is 19.3 Å². The molecular weight excluding hydrogens is 236 g/mol. The molecule has 104 valence electrons. The van der Waals surface area contributed by atoms with Gasteiger partial charge >= 0.3 is 0 Å². The smallest absolute Gasteiger partial charge is 0.253 e. The molecule has 2 rings (SSSR count). The van der Waals surface area contributed by atoms with Crippen molar-refractivity contribution in [1.29, 1.82) is 0 Å². The molecular formula is C16H24N2O. The lowest BCUT2D eigenvalue weighted by Gasteiger charge is -2.18. The number of carbonyl (C=O) groups is 1. The molecule has 1 aromatic carbocycles. The predicted octanol–water partition coefficient (Wildman–Crippen LogP) is 3.28. The van der Waals surface area contributed by atoms with Crippen LogP contribution in [0.15, 0.2) is 18.2 Å². The minimum absolute atomic E-state index is 0.0184. The monoisotopic (exact) mass is 260 g/mol. The van der Waals surface area contributed by atoms with Gasteiger partial charge in [0.05, 0.1) is 5.56 Å². The van der Waals surface area contributed by atoms with Crippen LogP contribution in [0.5, 0.6) is 0 Å². The third kappa shape index (κ3) is 3.49. The summed E-state index contributed by atoms with van der Waals surface area (Å²) in [5.41, 5.74) is 8.07. The molecule has 1 aliphatic rings. The van der Waals surface area contributed by atoms with Gasteiger partial charge in [0.2, 0.25) is 0 Å². The fourth-order valence-corrected chi connectivity index (χ4v) is 2.89. The average Bonchev–Trinajstić information content (AvgIpc) is 2.54. The Morgan fingerprint density at radius 3 is 2.79 bits per heavy atom. The third-order valence-corrected chi connectivity index (χ3v) is 4.12. The van der Waals surface area contributed by atoms with E-state index in [0.29, 0.717) is 17.3 Å². The zero-order valence-electron chi connectivity index (χ0n) is 11.9. The highest BCUT2D eigenvalue weighted by Gasteiger charge is 2.20. The van der Waals surface area contributed by atoms with E-state index in [4.69, 9.17) is 5.73 Å². The zero-order valence-corrected chi connectivity index (χ0v) is 11.9. The summed E-state index contributed by atoms with van der Waals surface area (Å²) < 4.78 is 0. The molecule has 2 atom stereocenters. The molecule has 0 heterocycles. The molecule has 1 saturated carbocycles. The number of aryl methyl sites for hydroxylation is 1. The molecule has 0 aliphatic heterocycles. The number of carbonyl (C=O) groups excluding carboxylic acids is 1. The lowest BCUT2D eigenvalue weighted by molar-refractivity contribution is 0.0933. The van der Waals surface area contributed by atoms with E-state index in [-0.39, 0.29) is 5.91 Å². The fraction of sp³-hybridized carbons (Fsp3) is 0.562. The molecule has 1 fully saturated rings. The van der Waals surface area contributed by atoms with Crippen LogP contribution in [0.25, 0.3) is 0 Å². The van der Waals surface area contributed by atoms with Gasteiger partial charge < -0.3 is 11.1 Å². The van der Waals surface area contributed by atoms with E-state index in [2.05, 4.69) is 12.2 Å². The molecule has 3 nitrogen and oxygen atoms in total. The second kappa shape index (κ2) is 6.09. The lowest BCUT2D eigenvalue weighted by atomic mass is 10.0. The van der Waals surface area contributed by atoms with Crippen LogP contribution in [0.3, 0.4) is 0 Å². The zero-order chi connectivity index (χ0) is 13.8. The van der Waals surface area contributed by atoms with Gasteiger partial charge in [-0.1, -0.05) is 31.9 Å². The maximum absolute atomic E-state index is 12.4. The second-order valence-electron chi connectivity index (χ2n) is 5.82. The predicted molar refractivity (Wildman–Crippen MR) is 79.1 cm³/mol. The number of hydrogen-bond donors (Lipinski definition) is 2. The van der Waals surface area contributed by atoms with E-state index in [9.17, 15) is 4.79 Å². The largest absolute Gasteiger partial charge is 0.398 e. The van der Waals surface area contributed by atoms with Gasteiger partial charge in [-0.2, -0.15) is 0 Å². The van der Waals surface area contributed by atoms with Crippen LogP contribution in [0.1, 0.15) is 54.9 Å². The first-order chi connectivity index (χ1) is 9.08. The van der Waals surface area contributed by atoms with Crippen molar-refractivity contribution in [3.8, 4) is 0 Å². The molecule has 0 bridgehead atoms. The summed E-state index contributed by atoms with van der Waals surface area (Å²) in [5.74, 6) is 0.764. The summed E-state index contributed by atoms with van der Waals surface area (Å²) >= 11 is 0. The van der Waals surface area contributed by atoms with Crippen molar-refractivity contribution in [1.82, 2.24) is 5.32 Å². The summed E-state index contributed by atoms with van der Waals surface area (Å²) in [6, 6.07) is 5.91. The Bertz CT molecular complexity index is 436. The van der Waals surface area contributed by atoms with Crippen molar-refractivity contribution >= 4 is 11.6 Å². The number of amides is 1. The molecule has 2 unspecified atom stereocenters. The van der Waals surface area contributed by atoms with E-state index < -0.39 is 0 Å². The van der Waals surface area contributed by atoms with Crippen molar-refractivity contribution in [3.05, 3.63) is 29.3 Å². The van der Waals surface area contributed by atoms with Crippen LogP contribution in [0.2, 0.25) is 0 Å². The van der Waals surface area contributed by atoms with Crippen molar-refractivity contribution in [2.75, 3.05) is 5.73 Å². The van der Waals surface area contributed by atoms with E-state index in [1.807, 2.05) is 19.1 Å². The highest BCUT2D eigenvalue weighted by atomic mass is 16.1. The number of hydrogen-bond acceptors (Lipinski definition) is 2. The van der Waals surface area contributed by atoms with Crippen LogP contribution in [-0.4, -0.2) is 11.9 Å². The van der Waals surface area contributed by atoms with Crippen LogP contribution in [0.4, 0.5) is 5.69 Å². The minimum atomic E-state index is -0.0184. The first-order valence-corrected chi connectivity index (χ1v) is 7.24. The van der Waals surface area contributed by atoms with Gasteiger partial charge in [-0.25, -0.2) is 0 Å². The number of rotatable bonds is 2. The minimum Gasteiger partial charge on any atom is -0.398 e. The summed E-state index contributed by atoms with van der Waals surface area (Å²) in [5, 5.41) is 3.16. The van der Waals surface area contributed by atoms with Gasteiger partial charge in [-0.05, 0) is 43.7 Å². The Kier molecular flexibility index (Phi) is 4.46. The molecule has 0 saturated heterocycles. The Morgan fingerprint density at radius 1 is 1.26 bits per heavy atom. The van der Waals surface area contributed by atoms with Crippen molar-refractivity contribution in [3.63, 3.8) is 0 Å². The Morgan fingerprint density at radius 2 is 2.05 bits per heavy atom. The van der Waals surface area contributed by atoms with Crippen LogP contribution >= 0.6 is 0 Å². The van der Waals surface area contributed by atoms with Crippen molar-refractivity contribution in [2.45, 2.75) is 52.0 Å². The van der Waals surface area contributed by atoms with Crippen molar-refractivity contribution in [2.24, 2.45) is 5.92 Å². The van der Waals surface area contributed by atoms with E-state index in [1.54, 1.807) is 6.07 Å². The van der Waals surface area contributed by atoms with Crippen molar-refractivity contribution < 1.29 is 4.79 Å². The molecule has 0 aromatic heterocycles. The maximum Gasteiger partial charge on any atom is 0.253 e. The molecule has 1 aromatic rings. The SMILES string of the molecule is Cc1cccc(N)c1C(=O)NC1CCCC(C)CC1. The second-order valence-corrected chi connectivity index (χ2v) is 5.82. The molecule has 0 radical (unpaired) electrons. The van der Waals surface area contributed by atoms with Gasteiger partial charge in [-0.15, -0.1) is 0 Å². The topological polar surface area (TPSA) is 55.1 Å². The number of anilines is 1. The highest BCUT2D eigenvalue weighted by Crippen LogP contribution is 2.23. The number of nitrogen functional groups attached to an aromatic ring is 1. The summed E-state index contributed by atoms with van der Waals surface area (Å²) in [7, 11) is 0. The third-order valence-electron chi connectivity index (χ3n) is 4.12. The number of nitrogens with two attached hydrogens (primary N) is 1. The van der Waals surface area contributed by atoms with Crippen LogP contribution in [-0.2, 0) is 0 Å².